The SMILES string of the molecule is CCCNCc1cnc(N(CC)C(C)C)c2ccccc12. The average Bonchev–Trinajstić information content (AvgIpc) is 2.49. The van der Waals surface area contributed by atoms with Crippen molar-refractivity contribution in [3.8, 4) is 0 Å². The van der Waals surface area contributed by atoms with Gasteiger partial charge in [-0.3, -0.25) is 0 Å². The summed E-state index contributed by atoms with van der Waals surface area (Å²) < 4.78 is 0. The molecule has 0 saturated carbocycles. The molecule has 1 aromatic heterocycles. The van der Waals surface area contributed by atoms with Gasteiger partial charge >= 0.3 is 0 Å². The zero-order chi connectivity index (χ0) is 15.2. The molecule has 0 aliphatic heterocycles. The molecular weight excluding hydrogens is 258 g/mol. The molecule has 1 heterocycles. The van der Waals surface area contributed by atoms with Gasteiger partial charge in [0.25, 0.3) is 0 Å². The Bertz CT molecular complexity index is 578. The lowest BCUT2D eigenvalue weighted by Crippen LogP contribution is -2.31. The lowest BCUT2D eigenvalue weighted by molar-refractivity contribution is 0.674. The third-order valence-electron chi connectivity index (χ3n) is 3.83. The highest BCUT2D eigenvalue weighted by Gasteiger charge is 2.14. The van der Waals surface area contributed by atoms with E-state index in [9.17, 15) is 0 Å². The maximum absolute atomic E-state index is 4.76. The molecule has 0 aliphatic carbocycles. The second kappa shape index (κ2) is 7.41. The molecule has 1 N–H and O–H groups in total. The number of fused-ring (bicyclic) bond motifs is 1. The van der Waals surface area contributed by atoms with Crippen LogP contribution in [0, 0.1) is 0 Å². The van der Waals surface area contributed by atoms with Gasteiger partial charge in [0.05, 0.1) is 0 Å². The van der Waals surface area contributed by atoms with Crippen molar-refractivity contribution in [2.45, 2.75) is 46.7 Å². The van der Waals surface area contributed by atoms with Gasteiger partial charge in [-0.2, -0.15) is 0 Å². The number of aromatic nitrogens is 1. The molecular formula is C18H27N3. The van der Waals surface area contributed by atoms with Crippen molar-refractivity contribution in [3.05, 3.63) is 36.0 Å². The van der Waals surface area contributed by atoms with E-state index in [0.717, 1.165) is 31.9 Å². The van der Waals surface area contributed by atoms with Crippen LogP contribution in [0.4, 0.5) is 5.82 Å². The lowest BCUT2D eigenvalue weighted by Gasteiger charge is -2.28. The molecule has 3 heteroatoms. The number of anilines is 1. The fourth-order valence-electron chi connectivity index (χ4n) is 2.77. The third kappa shape index (κ3) is 3.53. The highest BCUT2D eigenvalue weighted by molar-refractivity contribution is 5.94. The molecule has 114 valence electrons. The van der Waals surface area contributed by atoms with E-state index < -0.39 is 0 Å². The van der Waals surface area contributed by atoms with Gasteiger partial charge in [-0.25, -0.2) is 4.98 Å². The van der Waals surface area contributed by atoms with Crippen LogP contribution >= 0.6 is 0 Å². The average molecular weight is 285 g/mol. The zero-order valence-corrected chi connectivity index (χ0v) is 13.7. The maximum atomic E-state index is 4.76. The summed E-state index contributed by atoms with van der Waals surface area (Å²) in [6.45, 7) is 11.7. The largest absolute Gasteiger partial charge is 0.354 e. The van der Waals surface area contributed by atoms with Gasteiger partial charge in [0.15, 0.2) is 0 Å². The molecule has 0 unspecified atom stereocenters. The second-order valence-electron chi connectivity index (χ2n) is 5.71. The summed E-state index contributed by atoms with van der Waals surface area (Å²) in [5.41, 5.74) is 1.28. The standard InChI is InChI=1S/C18H27N3/c1-5-11-19-12-15-13-20-18(21(6-2)14(3)4)17-10-8-7-9-16(15)17/h7-10,13-14,19H,5-6,11-12H2,1-4H3. The summed E-state index contributed by atoms with van der Waals surface area (Å²) in [4.78, 5) is 7.12. The summed E-state index contributed by atoms with van der Waals surface area (Å²) in [6, 6.07) is 9.06. The van der Waals surface area contributed by atoms with Crippen molar-refractivity contribution in [1.29, 1.82) is 0 Å². The van der Waals surface area contributed by atoms with Crippen LogP contribution in [0.3, 0.4) is 0 Å². The van der Waals surface area contributed by atoms with Gasteiger partial charge in [0.2, 0.25) is 0 Å². The number of rotatable bonds is 7. The zero-order valence-electron chi connectivity index (χ0n) is 13.7. The topological polar surface area (TPSA) is 28.2 Å². The summed E-state index contributed by atoms with van der Waals surface area (Å²) in [6.07, 6.45) is 3.19. The van der Waals surface area contributed by atoms with Gasteiger partial charge < -0.3 is 10.2 Å². The van der Waals surface area contributed by atoms with E-state index in [1.807, 2.05) is 6.20 Å². The second-order valence-corrected chi connectivity index (χ2v) is 5.71. The Labute approximate surface area is 128 Å². The molecule has 0 amide bonds. The summed E-state index contributed by atoms with van der Waals surface area (Å²) in [5.74, 6) is 1.10. The van der Waals surface area contributed by atoms with Crippen molar-refractivity contribution < 1.29 is 0 Å². The Balaban J connectivity index is 2.44. The normalized spacial score (nSPS) is 11.3. The molecule has 21 heavy (non-hydrogen) atoms. The lowest BCUT2D eigenvalue weighted by atomic mass is 10.1. The van der Waals surface area contributed by atoms with E-state index in [0.29, 0.717) is 6.04 Å². The van der Waals surface area contributed by atoms with Crippen LogP contribution in [-0.2, 0) is 6.54 Å². The van der Waals surface area contributed by atoms with Crippen LogP contribution in [0.1, 0.15) is 39.7 Å². The quantitative estimate of drug-likeness (QED) is 0.780. The summed E-state index contributed by atoms with van der Waals surface area (Å²) in [7, 11) is 0. The Morgan fingerprint density at radius 3 is 2.48 bits per heavy atom. The van der Waals surface area contributed by atoms with Crippen LogP contribution in [0.2, 0.25) is 0 Å². The fraction of sp³-hybridized carbons (Fsp3) is 0.500. The first kappa shape index (κ1) is 15.8. The number of nitrogens with one attached hydrogen (secondary N) is 1. The Kier molecular flexibility index (Phi) is 5.57. The number of hydrogen-bond acceptors (Lipinski definition) is 3. The van der Waals surface area contributed by atoms with Crippen molar-refractivity contribution in [2.75, 3.05) is 18.0 Å². The molecule has 0 atom stereocenters. The van der Waals surface area contributed by atoms with Crippen molar-refractivity contribution in [3.63, 3.8) is 0 Å². The molecule has 0 saturated heterocycles. The van der Waals surface area contributed by atoms with Crippen molar-refractivity contribution in [1.82, 2.24) is 10.3 Å². The molecule has 0 spiro atoms. The molecule has 0 aliphatic rings. The van der Waals surface area contributed by atoms with E-state index in [1.165, 1.54) is 16.3 Å². The van der Waals surface area contributed by atoms with Gasteiger partial charge in [-0.1, -0.05) is 31.2 Å². The van der Waals surface area contributed by atoms with Crippen LogP contribution in [0.25, 0.3) is 10.8 Å². The van der Waals surface area contributed by atoms with Gasteiger partial charge in [-0.05, 0) is 44.7 Å². The highest BCUT2D eigenvalue weighted by Crippen LogP contribution is 2.28. The molecule has 1 aromatic carbocycles. The molecule has 2 rings (SSSR count). The van der Waals surface area contributed by atoms with Crippen LogP contribution in [0.15, 0.2) is 30.5 Å². The van der Waals surface area contributed by atoms with E-state index in [1.54, 1.807) is 0 Å². The Morgan fingerprint density at radius 2 is 1.86 bits per heavy atom. The minimum absolute atomic E-state index is 0.454. The smallest absolute Gasteiger partial charge is 0.136 e. The van der Waals surface area contributed by atoms with Crippen LogP contribution in [0.5, 0.6) is 0 Å². The van der Waals surface area contributed by atoms with E-state index >= 15 is 0 Å². The Morgan fingerprint density at radius 1 is 1.14 bits per heavy atom. The molecule has 0 radical (unpaired) electrons. The molecule has 3 nitrogen and oxygen atoms in total. The first-order valence-corrected chi connectivity index (χ1v) is 8.03. The minimum Gasteiger partial charge on any atom is -0.354 e. The predicted octanol–water partition coefficient (Wildman–Crippen LogP) is 3.97. The summed E-state index contributed by atoms with van der Waals surface area (Å²) >= 11 is 0. The van der Waals surface area contributed by atoms with Crippen LogP contribution in [-0.4, -0.2) is 24.1 Å². The number of benzene rings is 1. The molecule has 0 bridgehead atoms. The van der Waals surface area contributed by atoms with Gasteiger partial charge in [0, 0.05) is 30.7 Å². The first-order chi connectivity index (χ1) is 10.2. The number of hydrogen-bond donors (Lipinski definition) is 1. The minimum atomic E-state index is 0.454. The van der Waals surface area contributed by atoms with Gasteiger partial charge in [-0.15, -0.1) is 0 Å². The maximum Gasteiger partial charge on any atom is 0.136 e. The first-order valence-electron chi connectivity index (χ1n) is 8.03. The third-order valence-corrected chi connectivity index (χ3v) is 3.83. The van der Waals surface area contributed by atoms with Crippen LogP contribution < -0.4 is 10.2 Å². The van der Waals surface area contributed by atoms with E-state index in [-0.39, 0.29) is 0 Å². The highest BCUT2D eigenvalue weighted by atomic mass is 15.2. The molecule has 0 fully saturated rings. The summed E-state index contributed by atoms with van der Waals surface area (Å²) in [5, 5.41) is 6.04. The number of pyridine rings is 1. The Hall–Kier alpha value is -1.61. The van der Waals surface area contributed by atoms with Crippen molar-refractivity contribution in [2.24, 2.45) is 0 Å². The monoisotopic (exact) mass is 285 g/mol. The predicted molar refractivity (Wildman–Crippen MR) is 91.9 cm³/mol. The van der Waals surface area contributed by atoms with Gasteiger partial charge in [0.1, 0.15) is 5.82 Å². The molecule has 2 aromatic rings. The van der Waals surface area contributed by atoms with Crippen molar-refractivity contribution >= 4 is 16.6 Å². The van der Waals surface area contributed by atoms with E-state index in [2.05, 4.69) is 62.2 Å². The fourth-order valence-corrected chi connectivity index (χ4v) is 2.77. The number of nitrogens with zero attached hydrogens (tertiary/aromatic N) is 2. The van der Waals surface area contributed by atoms with E-state index in [4.69, 9.17) is 4.98 Å².